The Morgan fingerprint density at radius 3 is 2.50 bits per heavy atom. The number of anilines is 1. The summed E-state index contributed by atoms with van der Waals surface area (Å²) < 4.78 is 77.1. The lowest BCUT2D eigenvalue weighted by molar-refractivity contribution is -0.202. The number of pyridine rings is 1. The first-order valence-corrected chi connectivity index (χ1v) is 9.28. The highest BCUT2D eigenvalue weighted by atomic mass is 35.5. The quantitative estimate of drug-likeness (QED) is 0.304. The Balaban J connectivity index is 2.30. The summed E-state index contributed by atoms with van der Waals surface area (Å²) >= 11 is 5.96. The largest absolute Gasteiger partial charge is 0.495 e. The Labute approximate surface area is 184 Å². The van der Waals surface area contributed by atoms with Crippen LogP contribution in [0.15, 0.2) is 24.4 Å². The molecule has 1 amide bonds. The van der Waals surface area contributed by atoms with Crippen LogP contribution in [0, 0.1) is 17.0 Å². The highest BCUT2D eigenvalue weighted by Gasteiger charge is 2.43. The molecule has 2 rings (SSSR count). The monoisotopic (exact) mass is 480 g/mol. The molecule has 13 heteroatoms. The number of amidine groups is 1. The molecular weight excluding hydrogens is 463 g/mol. The first-order valence-electron chi connectivity index (χ1n) is 8.90. The van der Waals surface area contributed by atoms with Gasteiger partial charge in [0.05, 0.1) is 18.3 Å². The van der Waals surface area contributed by atoms with Crippen LogP contribution in [-0.4, -0.2) is 36.3 Å². The zero-order valence-electron chi connectivity index (χ0n) is 16.7. The minimum atomic E-state index is -4.91. The average Bonchev–Trinajstić information content (AvgIpc) is 2.68. The molecule has 0 unspecified atom stereocenters. The zero-order chi connectivity index (χ0) is 24.2. The van der Waals surface area contributed by atoms with E-state index in [-0.39, 0.29) is 22.2 Å². The van der Waals surface area contributed by atoms with E-state index in [1.165, 1.54) is 26.3 Å². The number of benzene rings is 1. The van der Waals surface area contributed by atoms with Crippen LogP contribution in [0.25, 0.3) is 0 Å². The van der Waals surface area contributed by atoms with Gasteiger partial charge in [0.25, 0.3) is 11.9 Å². The van der Waals surface area contributed by atoms with E-state index in [0.717, 1.165) is 6.07 Å². The van der Waals surface area contributed by atoms with E-state index in [0.29, 0.717) is 6.07 Å². The van der Waals surface area contributed by atoms with Crippen LogP contribution in [0.2, 0.25) is 5.02 Å². The van der Waals surface area contributed by atoms with Crippen LogP contribution in [0.3, 0.4) is 0 Å². The van der Waals surface area contributed by atoms with Gasteiger partial charge in [-0.25, -0.2) is 13.8 Å². The molecule has 1 aromatic heterocycles. The summed E-state index contributed by atoms with van der Waals surface area (Å²) in [5.74, 6) is -4.60. The van der Waals surface area contributed by atoms with Crippen molar-refractivity contribution < 1.29 is 36.2 Å². The molecule has 2 atom stereocenters. The van der Waals surface area contributed by atoms with E-state index >= 15 is 0 Å². The van der Waals surface area contributed by atoms with E-state index in [4.69, 9.17) is 27.5 Å². The first-order chi connectivity index (χ1) is 14.8. The van der Waals surface area contributed by atoms with E-state index in [1.807, 2.05) is 0 Å². The Hall–Kier alpha value is -3.15. The van der Waals surface area contributed by atoms with Crippen molar-refractivity contribution in [3.05, 3.63) is 52.3 Å². The summed E-state index contributed by atoms with van der Waals surface area (Å²) in [6, 6.07) is 1.79. The van der Waals surface area contributed by atoms with Crippen molar-refractivity contribution in [2.75, 3.05) is 12.4 Å². The molecule has 0 spiro atoms. The van der Waals surface area contributed by atoms with Crippen molar-refractivity contribution in [1.29, 1.82) is 5.41 Å². The third-order valence-corrected chi connectivity index (χ3v) is 4.60. The molecule has 0 bridgehead atoms. The zero-order valence-corrected chi connectivity index (χ0v) is 17.4. The lowest BCUT2D eigenvalue weighted by Crippen LogP contribution is -2.37. The summed E-state index contributed by atoms with van der Waals surface area (Å²) in [6.07, 6.45) is -7.07. The standard InChI is InChI=1S/C19H18ClF5N4O3/c1-8(3-14(19(23,24)25)32-18(26)27)11-4-9(5-13(21)15(11)22)29-17(30)16-12(20)6-10(31-2)7-28-16/h4-8,14H,3H2,1-2H3,(H3,26,27)(H,29,30)/t8-,14-/m1/s1. The Morgan fingerprint density at radius 1 is 1.31 bits per heavy atom. The molecule has 0 aliphatic carbocycles. The number of nitrogens with one attached hydrogen (secondary N) is 2. The number of alkyl halides is 3. The van der Waals surface area contributed by atoms with Crippen LogP contribution in [0.4, 0.5) is 27.6 Å². The smallest absolute Gasteiger partial charge is 0.425 e. The van der Waals surface area contributed by atoms with Crippen LogP contribution in [0.5, 0.6) is 5.75 Å². The van der Waals surface area contributed by atoms with E-state index in [9.17, 15) is 26.7 Å². The molecule has 1 heterocycles. The minimum Gasteiger partial charge on any atom is -0.495 e. The number of carbonyl (C=O) groups is 1. The summed E-state index contributed by atoms with van der Waals surface area (Å²) in [4.78, 5) is 16.2. The van der Waals surface area contributed by atoms with Crippen molar-refractivity contribution >= 4 is 29.2 Å². The van der Waals surface area contributed by atoms with Crippen LogP contribution < -0.4 is 15.8 Å². The van der Waals surface area contributed by atoms with Gasteiger partial charge in [-0.2, -0.15) is 13.2 Å². The number of aromatic nitrogens is 1. The Morgan fingerprint density at radius 2 is 1.97 bits per heavy atom. The van der Waals surface area contributed by atoms with Gasteiger partial charge in [0.15, 0.2) is 17.7 Å². The fourth-order valence-electron chi connectivity index (χ4n) is 2.78. The molecule has 4 N–H and O–H groups in total. The number of carbonyl (C=O) groups excluding carboxylic acids is 1. The van der Waals surface area contributed by atoms with Gasteiger partial charge in [0, 0.05) is 24.2 Å². The maximum atomic E-state index is 14.3. The van der Waals surface area contributed by atoms with Gasteiger partial charge in [-0.05, 0) is 17.5 Å². The number of rotatable bonds is 7. The summed E-state index contributed by atoms with van der Waals surface area (Å²) in [7, 11) is 1.36. The first kappa shape index (κ1) is 25.1. The molecule has 7 nitrogen and oxygen atoms in total. The van der Waals surface area contributed by atoms with Crippen molar-refractivity contribution in [1.82, 2.24) is 4.98 Å². The molecule has 32 heavy (non-hydrogen) atoms. The summed E-state index contributed by atoms with van der Waals surface area (Å²) in [5, 5.41) is 9.11. The van der Waals surface area contributed by atoms with Crippen molar-refractivity contribution in [3.63, 3.8) is 0 Å². The topological polar surface area (TPSA) is 110 Å². The predicted molar refractivity (Wildman–Crippen MR) is 106 cm³/mol. The van der Waals surface area contributed by atoms with Crippen LogP contribution >= 0.6 is 11.6 Å². The lowest BCUT2D eigenvalue weighted by atomic mass is 9.93. The SMILES string of the molecule is COc1cnc(C(=O)Nc2cc(F)c(F)c([C@H](C)C[C@@H](OC(=N)N)C(F)(F)F)c2)c(Cl)c1. The van der Waals surface area contributed by atoms with Gasteiger partial charge >= 0.3 is 6.18 Å². The number of methoxy groups -OCH3 is 1. The fraction of sp³-hybridized carbons (Fsp3) is 0.316. The summed E-state index contributed by atoms with van der Waals surface area (Å²) in [6.45, 7) is 1.20. The fourth-order valence-corrected chi connectivity index (χ4v) is 3.02. The highest BCUT2D eigenvalue weighted by Crippen LogP contribution is 2.34. The van der Waals surface area contributed by atoms with Crippen LogP contribution in [-0.2, 0) is 4.74 Å². The second-order valence-electron chi connectivity index (χ2n) is 6.67. The molecule has 0 saturated heterocycles. The lowest BCUT2D eigenvalue weighted by Gasteiger charge is -2.24. The molecule has 0 aliphatic heterocycles. The third kappa shape index (κ3) is 6.19. The number of nitrogens with two attached hydrogens (primary N) is 1. The van der Waals surface area contributed by atoms with E-state index in [1.54, 1.807) is 0 Å². The van der Waals surface area contributed by atoms with Gasteiger partial charge in [-0.3, -0.25) is 10.2 Å². The predicted octanol–water partition coefficient (Wildman–Crippen LogP) is 4.61. The van der Waals surface area contributed by atoms with Crippen molar-refractivity contribution in [2.45, 2.75) is 31.5 Å². The number of hydrogen-bond acceptors (Lipinski definition) is 5. The molecule has 174 valence electrons. The second-order valence-corrected chi connectivity index (χ2v) is 7.08. The normalized spacial score (nSPS) is 13.2. The maximum Gasteiger partial charge on any atom is 0.425 e. The average molecular weight is 481 g/mol. The second kappa shape index (κ2) is 9.98. The number of ether oxygens (including phenoxy) is 2. The summed E-state index contributed by atoms with van der Waals surface area (Å²) in [5.41, 5.74) is 3.96. The van der Waals surface area contributed by atoms with Crippen molar-refractivity contribution in [3.8, 4) is 5.75 Å². The molecule has 2 aromatic rings. The molecule has 0 radical (unpaired) electrons. The van der Waals surface area contributed by atoms with Gasteiger partial charge < -0.3 is 20.5 Å². The molecular formula is C19H18ClF5N4O3. The minimum absolute atomic E-state index is 0.0765. The molecule has 1 aromatic carbocycles. The van der Waals surface area contributed by atoms with E-state index < -0.39 is 53.7 Å². The van der Waals surface area contributed by atoms with Gasteiger partial charge in [0.1, 0.15) is 11.4 Å². The van der Waals surface area contributed by atoms with Gasteiger partial charge in [-0.1, -0.05) is 18.5 Å². The van der Waals surface area contributed by atoms with Crippen molar-refractivity contribution in [2.24, 2.45) is 5.73 Å². The molecule has 0 aliphatic rings. The molecule has 0 saturated carbocycles. The van der Waals surface area contributed by atoms with Gasteiger partial charge in [-0.15, -0.1) is 0 Å². The number of amides is 1. The Bertz CT molecular complexity index is 1020. The van der Waals surface area contributed by atoms with Crippen LogP contribution in [0.1, 0.15) is 35.3 Å². The number of nitrogens with zero attached hydrogens (tertiary/aromatic N) is 1. The number of halogens is 6. The van der Waals surface area contributed by atoms with E-state index in [2.05, 4.69) is 15.0 Å². The van der Waals surface area contributed by atoms with Gasteiger partial charge in [0.2, 0.25) is 0 Å². The number of hydrogen-bond donors (Lipinski definition) is 3. The third-order valence-electron chi connectivity index (χ3n) is 4.31. The Kier molecular flexibility index (Phi) is 7.83. The maximum absolute atomic E-state index is 14.3. The molecule has 0 fully saturated rings. The highest BCUT2D eigenvalue weighted by molar-refractivity contribution is 6.34.